The molecule has 1 aromatic heterocycles. The van der Waals surface area contributed by atoms with Crippen LogP contribution in [-0.2, 0) is 0 Å². The van der Waals surface area contributed by atoms with Gasteiger partial charge in [-0.15, -0.1) is 0 Å². The third kappa shape index (κ3) is 2.94. The quantitative estimate of drug-likeness (QED) is 0.745. The minimum Gasteiger partial charge on any atom is -0.497 e. The van der Waals surface area contributed by atoms with Crippen molar-refractivity contribution in [2.24, 2.45) is 0 Å². The number of nitrogens with zero attached hydrogens (tertiary/aromatic N) is 1. The van der Waals surface area contributed by atoms with Gasteiger partial charge in [0.15, 0.2) is 0 Å². The minimum absolute atomic E-state index is 0.204. The summed E-state index contributed by atoms with van der Waals surface area (Å²) in [7, 11) is 3.18. The van der Waals surface area contributed by atoms with Crippen LogP contribution in [0.25, 0.3) is 10.8 Å². The Morgan fingerprint density at radius 2 is 1.92 bits per heavy atom. The average molecular weight is 324 g/mol. The summed E-state index contributed by atoms with van der Waals surface area (Å²) in [6.07, 6.45) is 1.67. The molecule has 0 saturated carbocycles. The van der Waals surface area contributed by atoms with E-state index in [4.69, 9.17) is 14.6 Å². The number of carboxylic acid groups (broad SMARTS) is 1. The molecule has 6 heteroatoms. The highest BCUT2D eigenvalue weighted by atomic mass is 16.5. The molecule has 6 nitrogen and oxygen atoms in total. The van der Waals surface area contributed by atoms with Gasteiger partial charge in [0.2, 0.25) is 0 Å². The van der Waals surface area contributed by atoms with Crippen molar-refractivity contribution < 1.29 is 19.4 Å². The van der Waals surface area contributed by atoms with Crippen molar-refractivity contribution >= 4 is 28.2 Å². The predicted molar refractivity (Wildman–Crippen MR) is 91.5 cm³/mol. The van der Waals surface area contributed by atoms with Gasteiger partial charge in [-0.25, -0.2) is 9.78 Å². The topological polar surface area (TPSA) is 80.7 Å². The van der Waals surface area contributed by atoms with Crippen LogP contribution >= 0.6 is 0 Å². The molecule has 2 aromatic carbocycles. The summed E-state index contributed by atoms with van der Waals surface area (Å²) in [4.78, 5) is 15.5. The normalized spacial score (nSPS) is 10.4. The van der Waals surface area contributed by atoms with Crippen LogP contribution in [0.5, 0.6) is 11.5 Å². The molecule has 0 unspecified atom stereocenters. The lowest BCUT2D eigenvalue weighted by molar-refractivity contribution is 0.0697. The van der Waals surface area contributed by atoms with Crippen LogP contribution in [0.4, 0.5) is 11.5 Å². The summed E-state index contributed by atoms with van der Waals surface area (Å²) in [5.41, 5.74) is 0.840. The van der Waals surface area contributed by atoms with Crippen molar-refractivity contribution in [1.82, 2.24) is 4.98 Å². The minimum atomic E-state index is -0.979. The predicted octanol–water partition coefficient (Wildman–Crippen LogP) is 3.69. The Balaban J connectivity index is 2.09. The highest BCUT2D eigenvalue weighted by Crippen LogP contribution is 2.35. The van der Waals surface area contributed by atoms with Gasteiger partial charge in [0, 0.05) is 28.7 Å². The Morgan fingerprint density at radius 3 is 2.62 bits per heavy atom. The van der Waals surface area contributed by atoms with Crippen LogP contribution < -0.4 is 14.8 Å². The SMILES string of the molecule is COc1cc(OC)c2ccnc(Nc3cccc(C(=O)O)c3)c2c1. The first-order valence-electron chi connectivity index (χ1n) is 7.23. The van der Waals surface area contributed by atoms with Gasteiger partial charge in [0.05, 0.1) is 19.8 Å². The Labute approximate surface area is 138 Å². The number of rotatable bonds is 5. The molecule has 0 fully saturated rings. The highest BCUT2D eigenvalue weighted by molar-refractivity contribution is 5.98. The molecule has 0 saturated heterocycles. The molecule has 0 aliphatic carbocycles. The smallest absolute Gasteiger partial charge is 0.335 e. The second kappa shape index (κ2) is 6.45. The molecule has 0 bridgehead atoms. The Bertz CT molecular complexity index is 909. The monoisotopic (exact) mass is 324 g/mol. The summed E-state index contributed by atoms with van der Waals surface area (Å²) in [5, 5.41) is 14.0. The summed E-state index contributed by atoms with van der Waals surface area (Å²) in [6, 6.07) is 12.1. The fourth-order valence-electron chi connectivity index (χ4n) is 2.48. The molecule has 24 heavy (non-hydrogen) atoms. The van der Waals surface area contributed by atoms with E-state index >= 15 is 0 Å². The van der Waals surface area contributed by atoms with Crippen LogP contribution in [0, 0.1) is 0 Å². The number of aromatic carboxylic acids is 1. The molecule has 3 aromatic rings. The Morgan fingerprint density at radius 1 is 1.08 bits per heavy atom. The number of pyridine rings is 1. The first-order chi connectivity index (χ1) is 11.6. The lowest BCUT2D eigenvalue weighted by atomic mass is 10.1. The van der Waals surface area contributed by atoms with Crippen LogP contribution in [0.15, 0.2) is 48.7 Å². The lowest BCUT2D eigenvalue weighted by Gasteiger charge is -2.13. The number of anilines is 2. The molecule has 2 N–H and O–H groups in total. The van der Waals surface area contributed by atoms with E-state index in [0.717, 1.165) is 10.8 Å². The van der Waals surface area contributed by atoms with Gasteiger partial charge in [0.1, 0.15) is 17.3 Å². The number of ether oxygens (including phenoxy) is 2. The van der Waals surface area contributed by atoms with Crippen LogP contribution in [0.2, 0.25) is 0 Å². The fraction of sp³-hybridized carbons (Fsp3) is 0.111. The van der Waals surface area contributed by atoms with Crippen LogP contribution in [-0.4, -0.2) is 30.3 Å². The van der Waals surface area contributed by atoms with E-state index in [-0.39, 0.29) is 5.56 Å². The first kappa shape index (κ1) is 15.6. The van der Waals surface area contributed by atoms with Crippen LogP contribution in [0.3, 0.4) is 0 Å². The molecule has 0 atom stereocenters. The van der Waals surface area contributed by atoms with E-state index in [1.54, 1.807) is 44.7 Å². The number of benzene rings is 2. The molecule has 0 aliphatic heterocycles. The third-order valence-corrected chi connectivity index (χ3v) is 3.64. The number of fused-ring (bicyclic) bond motifs is 1. The molecule has 1 heterocycles. The van der Waals surface area contributed by atoms with E-state index in [1.165, 1.54) is 6.07 Å². The molecule has 0 spiro atoms. The molecule has 122 valence electrons. The van der Waals surface area contributed by atoms with Crippen molar-refractivity contribution in [3.05, 3.63) is 54.2 Å². The van der Waals surface area contributed by atoms with E-state index in [1.807, 2.05) is 12.1 Å². The number of carboxylic acids is 1. The first-order valence-corrected chi connectivity index (χ1v) is 7.23. The lowest BCUT2D eigenvalue weighted by Crippen LogP contribution is -1.99. The maximum atomic E-state index is 11.1. The van der Waals surface area contributed by atoms with Crippen molar-refractivity contribution in [3.8, 4) is 11.5 Å². The maximum absolute atomic E-state index is 11.1. The zero-order valence-electron chi connectivity index (χ0n) is 13.2. The Kier molecular flexibility index (Phi) is 4.20. The number of methoxy groups -OCH3 is 2. The van der Waals surface area contributed by atoms with E-state index in [2.05, 4.69) is 10.3 Å². The number of hydrogen-bond acceptors (Lipinski definition) is 5. The summed E-state index contributed by atoms with van der Waals surface area (Å²) in [6.45, 7) is 0. The number of aromatic nitrogens is 1. The van der Waals surface area contributed by atoms with Crippen molar-refractivity contribution in [3.63, 3.8) is 0 Å². The highest BCUT2D eigenvalue weighted by Gasteiger charge is 2.11. The standard InChI is InChI=1S/C18H16N2O4/c1-23-13-9-15-14(16(10-13)24-2)6-7-19-17(15)20-12-5-3-4-11(8-12)18(21)22/h3-10H,1-2H3,(H,19,20)(H,21,22). The van der Waals surface area contributed by atoms with Gasteiger partial charge in [-0.1, -0.05) is 6.07 Å². The second-order valence-electron chi connectivity index (χ2n) is 5.10. The summed E-state index contributed by atoms with van der Waals surface area (Å²) in [5.74, 6) is 0.934. The molecular weight excluding hydrogens is 308 g/mol. The number of nitrogens with one attached hydrogen (secondary N) is 1. The molecule has 0 amide bonds. The third-order valence-electron chi connectivity index (χ3n) is 3.64. The summed E-state index contributed by atoms with van der Waals surface area (Å²) < 4.78 is 10.7. The van der Waals surface area contributed by atoms with Crippen molar-refractivity contribution in [2.75, 3.05) is 19.5 Å². The van der Waals surface area contributed by atoms with Gasteiger partial charge in [-0.05, 0) is 30.3 Å². The number of hydrogen-bond donors (Lipinski definition) is 2. The van der Waals surface area contributed by atoms with Gasteiger partial charge in [-0.2, -0.15) is 0 Å². The average Bonchev–Trinajstić information content (AvgIpc) is 2.61. The molecule has 0 radical (unpaired) electrons. The van der Waals surface area contributed by atoms with Crippen molar-refractivity contribution in [1.29, 1.82) is 0 Å². The summed E-state index contributed by atoms with van der Waals surface area (Å²) >= 11 is 0. The largest absolute Gasteiger partial charge is 0.497 e. The van der Waals surface area contributed by atoms with Gasteiger partial charge in [0.25, 0.3) is 0 Å². The second-order valence-corrected chi connectivity index (χ2v) is 5.10. The maximum Gasteiger partial charge on any atom is 0.335 e. The van der Waals surface area contributed by atoms with E-state index in [0.29, 0.717) is 23.0 Å². The van der Waals surface area contributed by atoms with Crippen LogP contribution in [0.1, 0.15) is 10.4 Å². The fourth-order valence-corrected chi connectivity index (χ4v) is 2.48. The van der Waals surface area contributed by atoms with E-state index < -0.39 is 5.97 Å². The van der Waals surface area contributed by atoms with E-state index in [9.17, 15) is 4.79 Å². The van der Waals surface area contributed by atoms with Gasteiger partial charge < -0.3 is 19.9 Å². The Hall–Kier alpha value is -3.28. The number of carbonyl (C=O) groups is 1. The molecule has 0 aliphatic rings. The van der Waals surface area contributed by atoms with Gasteiger partial charge in [-0.3, -0.25) is 0 Å². The zero-order valence-corrected chi connectivity index (χ0v) is 13.2. The van der Waals surface area contributed by atoms with Crippen molar-refractivity contribution in [2.45, 2.75) is 0 Å². The molecular formula is C18H16N2O4. The van der Waals surface area contributed by atoms with Gasteiger partial charge >= 0.3 is 5.97 Å². The zero-order chi connectivity index (χ0) is 17.1. The molecule has 3 rings (SSSR count).